The van der Waals surface area contributed by atoms with Crippen molar-refractivity contribution in [1.29, 1.82) is 0 Å². The van der Waals surface area contributed by atoms with Crippen LogP contribution in [-0.4, -0.2) is 5.11 Å². The topological polar surface area (TPSA) is 65.0 Å². The minimum absolute atomic E-state index is 0.0497. The van der Waals surface area contributed by atoms with Crippen LogP contribution in [0.3, 0.4) is 0 Å². The van der Waals surface area contributed by atoms with Gasteiger partial charge in [0.05, 0.1) is 0 Å². The van der Waals surface area contributed by atoms with E-state index in [4.69, 9.17) is 13.6 Å². The third kappa shape index (κ3) is 1.89. The molecule has 0 atom stereocenters. The van der Waals surface area contributed by atoms with Gasteiger partial charge in [0.2, 0.25) is 0 Å². The van der Waals surface area contributed by atoms with Gasteiger partial charge in [-0.2, -0.15) is 4.57 Å². The summed E-state index contributed by atoms with van der Waals surface area (Å²) in [5.41, 5.74) is 0. The quantitative estimate of drug-likeness (QED) is 0.842. The van der Waals surface area contributed by atoms with E-state index < -0.39 is 7.82 Å². The van der Waals surface area contributed by atoms with Gasteiger partial charge in [-0.1, -0.05) is 24.3 Å². The fraction of sp³-hybridized carbons (Fsp3) is 0. The molecule has 0 spiro atoms. The van der Waals surface area contributed by atoms with Crippen LogP contribution in [0.15, 0.2) is 48.5 Å². The van der Waals surface area contributed by atoms with Gasteiger partial charge < -0.3 is 18.7 Å². The third-order valence-corrected chi connectivity index (χ3v) is 3.61. The number of phosphoric ester groups is 1. The largest absolute Gasteiger partial charge is 0.647 e. The number of phenols is 1. The van der Waals surface area contributed by atoms with Gasteiger partial charge in [-0.3, -0.25) is 0 Å². The average Bonchev–Trinajstić information content (AvgIpc) is 2.68. The molecule has 0 aromatic heterocycles. The maximum Gasteiger partial charge on any atom is 0.647 e. The number of phenolic OH excluding ortho intramolecular Hbond substituents is 1. The molecule has 3 rings (SSSR count). The standard InChI is InChI=1S/C12H9O5P/c13-9-5-1-2-6-10(9)15-18(14)16-11-7-3-4-8-12(11)17-18/h1-8,13H. The Bertz CT molecular complexity index is 611. The van der Waals surface area contributed by atoms with Crippen LogP contribution in [0, 0.1) is 0 Å². The predicted octanol–water partition coefficient (Wildman–Crippen LogP) is 3.35. The van der Waals surface area contributed by atoms with Crippen molar-refractivity contribution >= 4 is 7.82 Å². The number of aromatic hydroxyl groups is 1. The molecule has 0 bridgehead atoms. The van der Waals surface area contributed by atoms with E-state index in [2.05, 4.69) is 0 Å². The van der Waals surface area contributed by atoms with E-state index in [9.17, 15) is 9.67 Å². The monoisotopic (exact) mass is 264 g/mol. The van der Waals surface area contributed by atoms with Crippen LogP contribution in [0.25, 0.3) is 0 Å². The first-order valence-corrected chi connectivity index (χ1v) is 6.68. The smallest absolute Gasteiger partial charge is 0.504 e. The zero-order valence-corrected chi connectivity index (χ0v) is 10.0. The normalized spacial score (nSPS) is 15.3. The van der Waals surface area contributed by atoms with Gasteiger partial charge in [-0.15, -0.1) is 0 Å². The van der Waals surface area contributed by atoms with Gasteiger partial charge >= 0.3 is 7.82 Å². The Morgan fingerprint density at radius 2 is 1.50 bits per heavy atom. The maximum atomic E-state index is 12.2. The SMILES string of the molecule is O=P1(Oc2ccccc2O)Oc2ccccc2O1. The second kappa shape index (κ2) is 3.96. The van der Waals surface area contributed by atoms with E-state index in [1.54, 1.807) is 36.4 Å². The van der Waals surface area contributed by atoms with Gasteiger partial charge in [0.15, 0.2) is 23.0 Å². The molecule has 5 nitrogen and oxygen atoms in total. The van der Waals surface area contributed by atoms with Gasteiger partial charge in [0, 0.05) is 0 Å². The second-order valence-electron chi connectivity index (χ2n) is 3.64. The molecule has 18 heavy (non-hydrogen) atoms. The summed E-state index contributed by atoms with van der Waals surface area (Å²) in [6.45, 7) is 0. The van der Waals surface area contributed by atoms with Crippen LogP contribution in [0.5, 0.6) is 23.0 Å². The lowest BCUT2D eigenvalue weighted by atomic mass is 10.3. The minimum atomic E-state index is -3.76. The molecule has 0 saturated carbocycles. The summed E-state index contributed by atoms with van der Waals surface area (Å²) in [7, 11) is -3.76. The number of hydrogen-bond donors (Lipinski definition) is 1. The fourth-order valence-corrected chi connectivity index (χ4v) is 2.84. The van der Waals surface area contributed by atoms with Crippen LogP contribution in [-0.2, 0) is 4.57 Å². The van der Waals surface area contributed by atoms with Gasteiger partial charge in [0.1, 0.15) is 0 Å². The molecule has 1 aliphatic heterocycles. The molecule has 0 radical (unpaired) electrons. The number of phosphoric acid groups is 1. The zero-order chi connectivity index (χ0) is 12.6. The third-order valence-electron chi connectivity index (χ3n) is 2.34. The summed E-state index contributed by atoms with van der Waals surface area (Å²) < 4.78 is 27.7. The molecular weight excluding hydrogens is 255 g/mol. The Morgan fingerprint density at radius 1 is 0.944 bits per heavy atom. The van der Waals surface area contributed by atoms with Crippen LogP contribution in [0.2, 0.25) is 0 Å². The van der Waals surface area contributed by atoms with Gasteiger partial charge in [0.25, 0.3) is 0 Å². The molecule has 0 saturated heterocycles. The lowest BCUT2D eigenvalue weighted by Gasteiger charge is -2.11. The van der Waals surface area contributed by atoms with E-state index in [-0.39, 0.29) is 11.5 Å². The summed E-state index contributed by atoms with van der Waals surface area (Å²) in [5.74, 6) is 0.636. The highest BCUT2D eigenvalue weighted by Gasteiger charge is 2.41. The van der Waals surface area contributed by atoms with Gasteiger partial charge in [-0.25, -0.2) is 0 Å². The molecule has 2 aromatic rings. The molecular formula is C12H9O5P. The van der Waals surface area contributed by atoms with Crippen molar-refractivity contribution in [1.82, 2.24) is 0 Å². The van der Waals surface area contributed by atoms with Gasteiger partial charge in [-0.05, 0) is 24.3 Å². The number of benzene rings is 2. The molecule has 1 aliphatic rings. The number of rotatable bonds is 2. The Kier molecular flexibility index (Phi) is 2.42. The van der Waals surface area contributed by atoms with E-state index >= 15 is 0 Å². The lowest BCUT2D eigenvalue weighted by molar-refractivity contribution is 0.322. The first kappa shape index (κ1) is 11.0. The summed E-state index contributed by atoms with van der Waals surface area (Å²) in [5, 5.41) is 9.55. The van der Waals surface area contributed by atoms with Crippen molar-refractivity contribution in [3.05, 3.63) is 48.5 Å². The predicted molar refractivity (Wildman–Crippen MR) is 64.0 cm³/mol. The van der Waals surface area contributed by atoms with Crippen LogP contribution in [0.1, 0.15) is 0 Å². The average molecular weight is 264 g/mol. The van der Waals surface area contributed by atoms with Crippen molar-refractivity contribution < 1.29 is 23.2 Å². The van der Waals surface area contributed by atoms with Crippen molar-refractivity contribution in [2.75, 3.05) is 0 Å². The molecule has 0 unspecified atom stereocenters. The highest BCUT2D eigenvalue weighted by atomic mass is 31.2. The second-order valence-corrected chi connectivity index (χ2v) is 5.08. The minimum Gasteiger partial charge on any atom is -0.504 e. The maximum absolute atomic E-state index is 12.2. The molecule has 1 N–H and O–H groups in total. The Balaban J connectivity index is 1.88. The van der Waals surface area contributed by atoms with Crippen molar-refractivity contribution in [2.45, 2.75) is 0 Å². The van der Waals surface area contributed by atoms with Crippen LogP contribution < -0.4 is 13.6 Å². The molecule has 0 amide bonds. The summed E-state index contributed by atoms with van der Waals surface area (Å²) in [4.78, 5) is 0. The summed E-state index contributed by atoms with van der Waals surface area (Å²) >= 11 is 0. The zero-order valence-electron chi connectivity index (χ0n) is 9.15. The Labute approximate surface area is 103 Å². The van der Waals surface area contributed by atoms with Crippen LogP contribution >= 0.6 is 7.82 Å². The molecule has 0 aliphatic carbocycles. The van der Waals surface area contributed by atoms with Crippen molar-refractivity contribution in [3.63, 3.8) is 0 Å². The van der Waals surface area contributed by atoms with Crippen LogP contribution in [0.4, 0.5) is 0 Å². The summed E-state index contributed by atoms with van der Waals surface area (Å²) in [6, 6.07) is 12.9. The number of fused-ring (bicyclic) bond motifs is 1. The van der Waals surface area contributed by atoms with E-state index in [1.165, 1.54) is 12.1 Å². The molecule has 1 heterocycles. The number of para-hydroxylation sites is 4. The first-order chi connectivity index (χ1) is 8.66. The Hall–Kier alpha value is -2.13. The highest BCUT2D eigenvalue weighted by molar-refractivity contribution is 7.50. The molecule has 6 heteroatoms. The first-order valence-electron chi connectivity index (χ1n) is 5.22. The van der Waals surface area contributed by atoms with Crippen molar-refractivity contribution in [2.24, 2.45) is 0 Å². The molecule has 2 aromatic carbocycles. The molecule has 92 valence electrons. The number of hydrogen-bond acceptors (Lipinski definition) is 5. The fourth-order valence-electron chi connectivity index (χ4n) is 1.55. The summed E-state index contributed by atoms with van der Waals surface area (Å²) in [6.07, 6.45) is 0. The molecule has 0 fully saturated rings. The van der Waals surface area contributed by atoms with E-state index in [0.717, 1.165) is 0 Å². The van der Waals surface area contributed by atoms with E-state index in [0.29, 0.717) is 11.5 Å². The highest BCUT2D eigenvalue weighted by Crippen LogP contribution is 2.59. The van der Waals surface area contributed by atoms with Crippen molar-refractivity contribution in [3.8, 4) is 23.0 Å². The van der Waals surface area contributed by atoms with E-state index in [1.807, 2.05) is 0 Å². The Morgan fingerprint density at radius 3 is 2.11 bits per heavy atom. The lowest BCUT2D eigenvalue weighted by Crippen LogP contribution is -2.00.